The van der Waals surface area contributed by atoms with E-state index in [2.05, 4.69) is 48.2 Å². The van der Waals surface area contributed by atoms with E-state index in [0.717, 1.165) is 56.3 Å². The summed E-state index contributed by atoms with van der Waals surface area (Å²) in [6.07, 6.45) is 3.10. The van der Waals surface area contributed by atoms with Gasteiger partial charge in [-0.25, -0.2) is 0 Å². The van der Waals surface area contributed by atoms with Gasteiger partial charge in [0.15, 0.2) is 11.5 Å². The molecule has 0 aromatic heterocycles. The summed E-state index contributed by atoms with van der Waals surface area (Å²) in [4.78, 5) is 17.5. The molecule has 0 N–H and O–H groups in total. The highest BCUT2D eigenvalue weighted by Gasteiger charge is 2.33. The fourth-order valence-electron chi connectivity index (χ4n) is 4.73. The second kappa shape index (κ2) is 9.09. The SMILES string of the molecule is COc1cc2c(cc1OC)C(c1ccccc1)N(CC(=O)N1CCC(C)CC1)CC2. The number of piperidine rings is 1. The highest BCUT2D eigenvalue weighted by molar-refractivity contribution is 5.78. The monoisotopic (exact) mass is 408 g/mol. The van der Waals surface area contributed by atoms with Crippen LogP contribution in [-0.4, -0.2) is 56.1 Å². The summed E-state index contributed by atoms with van der Waals surface area (Å²) in [6.45, 7) is 5.33. The van der Waals surface area contributed by atoms with Crippen LogP contribution in [0.5, 0.6) is 11.5 Å². The van der Waals surface area contributed by atoms with E-state index < -0.39 is 0 Å². The van der Waals surface area contributed by atoms with E-state index in [1.54, 1.807) is 14.2 Å². The van der Waals surface area contributed by atoms with Gasteiger partial charge in [0.1, 0.15) is 0 Å². The van der Waals surface area contributed by atoms with E-state index in [0.29, 0.717) is 6.54 Å². The van der Waals surface area contributed by atoms with Crippen LogP contribution in [0.4, 0.5) is 0 Å². The highest BCUT2D eigenvalue weighted by atomic mass is 16.5. The quantitative estimate of drug-likeness (QED) is 0.752. The predicted molar refractivity (Wildman–Crippen MR) is 118 cm³/mol. The van der Waals surface area contributed by atoms with Crippen molar-refractivity contribution < 1.29 is 14.3 Å². The zero-order chi connectivity index (χ0) is 21.1. The Hall–Kier alpha value is -2.53. The third kappa shape index (κ3) is 4.17. The van der Waals surface area contributed by atoms with Gasteiger partial charge in [-0.3, -0.25) is 9.69 Å². The van der Waals surface area contributed by atoms with Gasteiger partial charge in [-0.2, -0.15) is 0 Å². The minimum atomic E-state index is 0.0300. The molecular weight excluding hydrogens is 376 g/mol. The highest BCUT2D eigenvalue weighted by Crippen LogP contribution is 2.41. The summed E-state index contributed by atoms with van der Waals surface area (Å²) in [5.41, 5.74) is 3.66. The Labute approximate surface area is 179 Å². The van der Waals surface area contributed by atoms with Gasteiger partial charge in [0.25, 0.3) is 0 Å². The van der Waals surface area contributed by atoms with Crippen LogP contribution < -0.4 is 9.47 Å². The van der Waals surface area contributed by atoms with E-state index in [-0.39, 0.29) is 11.9 Å². The number of benzene rings is 2. The zero-order valence-corrected chi connectivity index (χ0v) is 18.3. The molecule has 2 aliphatic rings. The Balaban J connectivity index is 1.65. The first-order chi connectivity index (χ1) is 14.6. The van der Waals surface area contributed by atoms with Crippen molar-refractivity contribution in [2.45, 2.75) is 32.2 Å². The molecule has 1 atom stereocenters. The molecule has 2 aliphatic heterocycles. The molecule has 0 saturated carbocycles. The maximum atomic E-state index is 13.1. The van der Waals surface area contributed by atoms with E-state index >= 15 is 0 Å². The van der Waals surface area contributed by atoms with Crippen molar-refractivity contribution in [3.63, 3.8) is 0 Å². The molecule has 5 heteroatoms. The average Bonchev–Trinajstić information content (AvgIpc) is 2.79. The fourth-order valence-corrected chi connectivity index (χ4v) is 4.73. The van der Waals surface area contributed by atoms with Crippen LogP contribution in [0.2, 0.25) is 0 Å². The Morgan fingerprint density at radius 3 is 2.33 bits per heavy atom. The molecule has 0 bridgehead atoms. The van der Waals surface area contributed by atoms with Crippen LogP contribution in [0.15, 0.2) is 42.5 Å². The van der Waals surface area contributed by atoms with Crippen molar-refractivity contribution in [2.24, 2.45) is 5.92 Å². The first-order valence-electron chi connectivity index (χ1n) is 10.9. The lowest BCUT2D eigenvalue weighted by Crippen LogP contribution is -2.46. The number of nitrogens with zero attached hydrogens (tertiary/aromatic N) is 2. The van der Waals surface area contributed by atoms with Crippen molar-refractivity contribution >= 4 is 5.91 Å². The Bertz CT molecular complexity index is 875. The van der Waals surface area contributed by atoms with Gasteiger partial charge in [0.05, 0.1) is 26.8 Å². The van der Waals surface area contributed by atoms with E-state index in [9.17, 15) is 4.79 Å². The molecule has 160 valence electrons. The molecule has 2 aromatic rings. The molecule has 30 heavy (non-hydrogen) atoms. The molecule has 0 aliphatic carbocycles. The van der Waals surface area contributed by atoms with Crippen LogP contribution in [0.1, 0.15) is 42.5 Å². The van der Waals surface area contributed by atoms with Crippen LogP contribution >= 0.6 is 0 Å². The molecule has 1 saturated heterocycles. The number of fused-ring (bicyclic) bond motifs is 1. The van der Waals surface area contributed by atoms with Gasteiger partial charge < -0.3 is 14.4 Å². The van der Waals surface area contributed by atoms with Gasteiger partial charge in [-0.05, 0) is 54.0 Å². The topological polar surface area (TPSA) is 42.0 Å². The van der Waals surface area contributed by atoms with Crippen LogP contribution in [0, 0.1) is 5.92 Å². The Morgan fingerprint density at radius 1 is 1.00 bits per heavy atom. The summed E-state index contributed by atoms with van der Waals surface area (Å²) in [5.74, 6) is 2.45. The summed E-state index contributed by atoms with van der Waals surface area (Å²) < 4.78 is 11.1. The number of carbonyl (C=O) groups excluding carboxylic acids is 1. The molecule has 1 fully saturated rings. The van der Waals surface area contributed by atoms with Gasteiger partial charge >= 0.3 is 0 Å². The van der Waals surface area contributed by atoms with Gasteiger partial charge in [0, 0.05) is 19.6 Å². The summed E-state index contributed by atoms with van der Waals surface area (Å²) in [5, 5.41) is 0. The van der Waals surface area contributed by atoms with Gasteiger partial charge in [-0.15, -0.1) is 0 Å². The van der Waals surface area contributed by atoms with Gasteiger partial charge in [0.2, 0.25) is 5.91 Å². The second-order valence-corrected chi connectivity index (χ2v) is 8.50. The molecule has 2 aromatic carbocycles. The second-order valence-electron chi connectivity index (χ2n) is 8.50. The van der Waals surface area contributed by atoms with Crippen molar-refractivity contribution in [2.75, 3.05) is 40.4 Å². The Morgan fingerprint density at radius 2 is 1.67 bits per heavy atom. The number of likely N-dealkylation sites (tertiary alicyclic amines) is 1. The van der Waals surface area contributed by atoms with E-state index in [4.69, 9.17) is 9.47 Å². The zero-order valence-electron chi connectivity index (χ0n) is 18.3. The third-order valence-corrected chi connectivity index (χ3v) is 6.56. The molecule has 1 unspecified atom stereocenters. The number of carbonyl (C=O) groups is 1. The summed E-state index contributed by atoms with van der Waals surface area (Å²) in [6, 6.07) is 14.7. The van der Waals surface area contributed by atoms with Crippen molar-refractivity contribution in [3.8, 4) is 11.5 Å². The third-order valence-electron chi connectivity index (χ3n) is 6.56. The number of methoxy groups -OCH3 is 2. The van der Waals surface area contributed by atoms with E-state index in [1.807, 2.05) is 11.0 Å². The van der Waals surface area contributed by atoms with E-state index in [1.165, 1.54) is 16.7 Å². The minimum absolute atomic E-state index is 0.0300. The van der Waals surface area contributed by atoms with Crippen molar-refractivity contribution in [1.29, 1.82) is 0 Å². The fraction of sp³-hybridized carbons (Fsp3) is 0.480. The maximum Gasteiger partial charge on any atom is 0.236 e. The van der Waals surface area contributed by atoms with Crippen LogP contribution in [-0.2, 0) is 11.2 Å². The molecule has 5 nitrogen and oxygen atoms in total. The molecule has 4 rings (SSSR count). The standard InChI is InChI=1S/C25H32N2O3/c1-18-9-12-26(13-10-18)24(28)17-27-14-11-20-15-22(29-2)23(30-3)16-21(20)25(27)19-7-5-4-6-8-19/h4-8,15-16,18,25H,9-14,17H2,1-3H3. The lowest BCUT2D eigenvalue weighted by Gasteiger charge is -2.39. The van der Waals surface area contributed by atoms with Crippen LogP contribution in [0.3, 0.4) is 0 Å². The Kier molecular flexibility index (Phi) is 6.28. The summed E-state index contributed by atoms with van der Waals surface area (Å²) >= 11 is 0. The van der Waals surface area contributed by atoms with Crippen molar-refractivity contribution in [3.05, 3.63) is 59.2 Å². The van der Waals surface area contributed by atoms with Gasteiger partial charge in [-0.1, -0.05) is 37.3 Å². The average molecular weight is 409 g/mol. The number of hydrogen-bond donors (Lipinski definition) is 0. The number of hydrogen-bond acceptors (Lipinski definition) is 4. The largest absolute Gasteiger partial charge is 0.493 e. The normalized spacial score (nSPS) is 20.0. The van der Waals surface area contributed by atoms with Crippen molar-refractivity contribution in [1.82, 2.24) is 9.80 Å². The number of ether oxygens (including phenoxy) is 2. The minimum Gasteiger partial charge on any atom is -0.493 e. The molecule has 2 heterocycles. The first-order valence-corrected chi connectivity index (χ1v) is 10.9. The lowest BCUT2D eigenvalue weighted by molar-refractivity contribution is -0.134. The number of amides is 1. The maximum absolute atomic E-state index is 13.1. The first kappa shape index (κ1) is 20.7. The summed E-state index contributed by atoms with van der Waals surface area (Å²) in [7, 11) is 3.34. The number of rotatable bonds is 5. The molecule has 0 spiro atoms. The molecule has 0 radical (unpaired) electrons. The smallest absolute Gasteiger partial charge is 0.236 e. The predicted octanol–water partition coefficient (Wildman–Crippen LogP) is 3.91. The lowest BCUT2D eigenvalue weighted by atomic mass is 9.87. The molecule has 1 amide bonds. The van der Waals surface area contributed by atoms with Crippen LogP contribution in [0.25, 0.3) is 0 Å². The molecular formula is C25H32N2O3.